The molecule has 2 rings (SSSR count). The SMILES string of the molecule is Cc1cnc(C(C)NCCCNC2CC2)s1. The van der Waals surface area contributed by atoms with Gasteiger partial charge >= 0.3 is 0 Å². The molecule has 0 saturated heterocycles. The van der Waals surface area contributed by atoms with Gasteiger partial charge in [-0.05, 0) is 46.2 Å². The summed E-state index contributed by atoms with van der Waals surface area (Å²) >= 11 is 1.79. The molecule has 1 unspecified atom stereocenters. The number of aryl methyl sites for hydroxylation is 1. The lowest BCUT2D eigenvalue weighted by molar-refractivity contribution is 0.536. The quantitative estimate of drug-likeness (QED) is 0.717. The van der Waals surface area contributed by atoms with Crippen molar-refractivity contribution in [2.24, 2.45) is 0 Å². The fraction of sp³-hybridized carbons (Fsp3) is 0.750. The predicted octanol–water partition coefficient (Wildman–Crippen LogP) is 2.24. The first-order valence-corrected chi connectivity index (χ1v) is 6.96. The Morgan fingerprint density at radius 3 is 2.94 bits per heavy atom. The summed E-state index contributed by atoms with van der Waals surface area (Å²) in [4.78, 5) is 5.68. The molecular weight excluding hydrogens is 218 g/mol. The number of hydrogen-bond donors (Lipinski definition) is 2. The predicted molar refractivity (Wildman–Crippen MR) is 68.9 cm³/mol. The zero-order chi connectivity index (χ0) is 11.4. The third-order valence-electron chi connectivity index (χ3n) is 2.82. The van der Waals surface area contributed by atoms with Crippen LogP contribution in [-0.4, -0.2) is 24.1 Å². The lowest BCUT2D eigenvalue weighted by atomic mass is 10.3. The Balaban J connectivity index is 1.57. The number of thiazole rings is 1. The molecule has 1 aromatic heterocycles. The van der Waals surface area contributed by atoms with Crippen LogP contribution in [0.3, 0.4) is 0 Å². The van der Waals surface area contributed by atoms with Gasteiger partial charge in [0.1, 0.15) is 5.01 Å². The van der Waals surface area contributed by atoms with Crippen molar-refractivity contribution in [2.45, 2.75) is 45.2 Å². The Labute approximate surface area is 102 Å². The van der Waals surface area contributed by atoms with E-state index in [4.69, 9.17) is 0 Å². The van der Waals surface area contributed by atoms with E-state index in [9.17, 15) is 0 Å². The van der Waals surface area contributed by atoms with E-state index < -0.39 is 0 Å². The van der Waals surface area contributed by atoms with Crippen LogP contribution in [0.2, 0.25) is 0 Å². The maximum atomic E-state index is 4.39. The molecule has 0 aromatic carbocycles. The van der Waals surface area contributed by atoms with Crippen LogP contribution in [0.5, 0.6) is 0 Å². The Morgan fingerprint density at radius 2 is 2.31 bits per heavy atom. The van der Waals surface area contributed by atoms with Crippen molar-refractivity contribution in [3.05, 3.63) is 16.1 Å². The maximum absolute atomic E-state index is 4.39. The normalized spacial score (nSPS) is 17.6. The summed E-state index contributed by atoms with van der Waals surface area (Å²) in [7, 11) is 0. The summed E-state index contributed by atoms with van der Waals surface area (Å²) < 4.78 is 0. The van der Waals surface area contributed by atoms with Crippen molar-refractivity contribution < 1.29 is 0 Å². The van der Waals surface area contributed by atoms with E-state index in [1.165, 1.54) is 29.1 Å². The first kappa shape index (κ1) is 12.0. The lowest BCUT2D eigenvalue weighted by Crippen LogP contribution is -2.25. The average Bonchev–Trinajstić information content (AvgIpc) is 2.99. The summed E-state index contributed by atoms with van der Waals surface area (Å²) in [5.74, 6) is 0. The van der Waals surface area contributed by atoms with Crippen LogP contribution in [0.25, 0.3) is 0 Å². The summed E-state index contributed by atoms with van der Waals surface area (Å²) in [5.41, 5.74) is 0. The molecule has 3 nitrogen and oxygen atoms in total. The zero-order valence-corrected chi connectivity index (χ0v) is 10.9. The Morgan fingerprint density at radius 1 is 1.50 bits per heavy atom. The van der Waals surface area contributed by atoms with E-state index in [2.05, 4.69) is 29.5 Å². The summed E-state index contributed by atoms with van der Waals surface area (Å²) in [6, 6.07) is 1.22. The van der Waals surface area contributed by atoms with Gasteiger partial charge in [-0.1, -0.05) is 0 Å². The van der Waals surface area contributed by atoms with E-state index in [1.54, 1.807) is 11.3 Å². The van der Waals surface area contributed by atoms with Gasteiger partial charge in [-0.15, -0.1) is 11.3 Å². The van der Waals surface area contributed by atoms with Gasteiger partial charge in [0.25, 0.3) is 0 Å². The van der Waals surface area contributed by atoms with E-state index >= 15 is 0 Å². The summed E-state index contributed by atoms with van der Waals surface area (Å²) in [6.45, 7) is 6.50. The molecule has 0 aliphatic heterocycles. The second-order valence-electron chi connectivity index (χ2n) is 4.57. The molecule has 1 saturated carbocycles. The highest BCUT2D eigenvalue weighted by molar-refractivity contribution is 7.11. The van der Waals surface area contributed by atoms with Gasteiger partial charge in [-0.2, -0.15) is 0 Å². The van der Waals surface area contributed by atoms with Gasteiger partial charge in [-0.25, -0.2) is 4.98 Å². The van der Waals surface area contributed by atoms with Gasteiger partial charge in [0.05, 0.1) is 6.04 Å². The van der Waals surface area contributed by atoms with Gasteiger partial charge in [0.15, 0.2) is 0 Å². The molecule has 0 amide bonds. The highest BCUT2D eigenvalue weighted by Gasteiger charge is 2.19. The molecule has 90 valence electrons. The van der Waals surface area contributed by atoms with Crippen molar-refractivity contribution in [3.8, 4) is 0 Å². The fourth-order valence-electron chi connectivity index (χ4n) is 1.66. The Hall–Kier alpha value is -0.450. The molecule has 4 heteroatoms. The zero-order valence-electron chi connectivity index (χ0n) is 10.1. The highest BCUT2D eigenvalue weighted by atomic mass is 32.1. The molecule has 1 aliphatic rings. The van der Waals surface area contributed by atoms with Crippen molar-refractivity contribution in [2.75, 3.05) is 13.1 Å². The van der Waals surface area contributed by atoms with Gasteiger partial charge in [0.2, 0.25) is 0 Å². The second-order valence-corrected chi connectivity index (χ2v) is 5.83. The maximum Gasteiger partial charge on any atom is 0.109 e. The first-order valence-electron chi connectivity index (χ1n) is 6.15. The van der Waals surface area contributed by atoms with Crippen LogP contribution >= 0.6 is 11.3 Å². The number of rotatable bonds is 7. The third-order valence-corrected chi connectivity index (χ3v) is 3.92. The largest absolute Gasteiger partial charge is 0.314 e. The van der Waals surface area contributed by atoms with E-state index in [1.807, 2.05) is 6.20 Å². The molecule has 1 heterocycles. The number of aromatic nitrogens is 1. The lowest BCUT2D eigenvalue weighted by Gasteiger charge is -2.11. The molecule has 0 spiro atoms. The minimum absolute atomic E-state index is 0.389. The smallest absolute Gasteiger partial charge is 0.109 e. The van der Waals surface area contributed by atoms with Crippen LogP contribution < -0.4 is 10.6 Å². The summed E-state index contributed by atoms with van der Waals surface area (Å²) in [6.07, 6.45) is 5.91. The average molecular weight is 239 g/mol. The molecule has 1 aromatic rings. The summed E-state index contributed by atoms with van der Waals surface area (Å²) in [5, 5.41) is 8.24. The monoisotopic (exact) mass is 239 g/mol. The Bertz CT molecular complexity index is 320. The van der Waals surface area contributed by atoms with Crippen LogP contribution in [0.1, 0.15) is 42.1 Å². The van der Waals surface area contributed by atoms with Crippen LogP contribution in [0, 0.1) is 6.92 Å². The highest BCUT2D eigenvalue weighted by Crippen LogP contribution is 2.19. The van der Waals surface area contributed by atoms with Gasteiger partial charge in [-0.3, -0.25) is 0 Å². The minimum Gasteiger partial charge on any atom is -0.314 e. The van der Waals surface area contributed by atoms with E-state index in [-0.39, 0.29) is 0 Å². The van der Waals surface area contributed by atoms with Crippen molar-refractivity contribution in [1.29, 1.82) is 0 Å². The third kappa shape index (κ3) is 3.85. The minimum atomic E-state index is 0.389. The topological polar surface area (TPSA) is 37.0 Å². The molecule has 2 N–H and O–H groups in total. The number of nitrogens with one attached hydrogen (secondary N) is 2. The molecule has 1 aliphatic carbocycles. The number of nitrogens with zero attached hydrogens (tertiary/aromatic N) is 1. The van der Waals surface area contributed by atoms with E-state index in [0.717, 1.165) is 19.1 Å². The van der Waals surface area contributed by atoms with Crippen molar-refractivity contribution in [1.82, 2.24) is 15.6 Å². The molecule has 1 fully saturated rings. The van der Waals surface area contributed by atoms with Crippen LogP contribution in [-0.2, 0) is 0 Å². The van der Waals surface area contributed by atoms with Crippen molar-refractivity contribution >= 4 is 11.3 Å². The number of hydrogen-bond acceptors (Lipinski definition) is 4. The Kier molecular flexibility index (Phi) is 4.32. The van der Waals surface area contributed by atoms with Crippen LogP contribution in [0.15, 0.2) is 6.20 Å². The van der Waals surface area contributed by atoms with Gasteiger partial charge in [0, 0.05) is 17.1 Å². The van der Waals surface area contributed by atoms with E-state index in [0.29, 0.717) is 6.04 Å². The van der Waals surface area contributed by atoms with Crippen LogP contribution in [0.4, 0.5) is 0 Å². The fourth-order valence-corrected chi connectivity index (χ4v) is 2.46. The van der Waals surface area contributed by atoms with Gasteiger partial charge < -0.3 is 10.6 Å². The molecule has 0 radical (unpaired) electrons. The second kappa shape index (κ2) is 5.75. The standard InChI is InChI=1S/C12H21N3S/c1-9-8-15-12(16-9)10(2)13-6-3-7-14-11-4-5-11/h8,10-11,13-14H,3-7H2,1-2H3. The molecule has 0 bridgehead atoms. The first-order chi connectivity index (χ1) is 7.75. The molecule has 1 atom stereocenters. The molecular formula is C12H21N3S. The molecule has 16 heavy (non-hydrogen) atoms. The van der Waals surface area contributed by atoms with Crippen molar-refractivity contribution in [3.63, 3.8) is 0 Å².